The predicted octanol–water partition coefficient (Wildman–Crippen LogP) is 1.72. The van der Waals surface area contributed by atoms with E-state index in [1.165, 1.54) is 12.1 Å². The van der Waals surface area contributed by atoms with E-state index in [0.717, 1.165) is 0 Å². The molecule has 1 aliphatic rings. The summed E-state index contributed by atoms with van der Waals surface area (Å²) >= 11 is 0. The first-order chi connectivity index (χ1) is 9.61. The molecule has 1 aromatic rings. The predicted molar refractivity (Wildman–Crippen MR) is 65.8 cm³/mol. The molecule has 2 amide bonds. The molecule has 1 aromatic carbocycles. The molecule has 0 bridgehead atoms. The maximum absolute atomic E-state index is 11.8. The van der Waals surface area contributed by atoms with E-state index in [2.05, 4.69) is 10.0 Å². The second-order valence-electron chi connectivity index (χ2n) is 4.05. The smallest absolute Gasteiger partial charge is 0.325 e. The number of carbonyl (C=O) groups excluding carboxylic acids is 3. The molecule has 0 unspecified atom stereocenters. The molecule has 1 fully saturated rings. The van der Waals surface area contributed by atoms with Crippen molar-refractivity contribution in [3.8, 4) is 0 Å². The minimum Gasteiger partial charge on any atom is -0.325 e. The van der Waals surface area contributed by atoms with Crippen LogP contribution in [-0.2, 0) is 21.0 Å². The molecule has 1 saturated heterocycles. The largest absolute Gasteiger partial charge is 0.363 e. The Labute approximate surface area is 113 Å². The Balaban J connectivity index is 2.11. The Bertz CT molecular complexity index is 606. The lowest BCUT2D eigenvalue weighted by molar-refractivity contribution is -0.172. The van der Waals surface area contributed by atoms with E-state index in [4.69, 9.17) is 10.4 Å². The monoisotopic (exact) mass is 274 g/mol. The molecule has 0 atom stereocenters. The van der Waals surface area contributed by atoms with Crippen molar-refractivity contribution in [1.82, 2.24) is 5.06 Å². The first-order valence-electron chi connectivity index (χ1n) is 5.79. The van der Waals surface area contributed by atoms with Crippen molar-refractivity contribution < 1.29 is 19.2 Å². The van der Waals surface area contributed by atoms with Gasteiger partial charge in [-0.15, -0.1) is 5.06 Å². The van der Waals surface area contributed by atoms with Crippen molar-refractivity contribution in [3.05, 3.63) is 45.8 Å². The highest BCUT2D eigenvalue weighted by Crippen LogP contribution is 2.15. The molecule has 0 N–H and O–H groups in total. The number of benzene rings is 1. The van der Waals surface area contributed by atoms with Gasteiger partial charge in [0.1, 0.15) is 0 Å². The topological polar surface area (TPSA) is 112 Å². The number of hydroxylamine groups is 2. The maximum atomic E-state index is 11.8. The number of azide groups is 1. The van der Waals surface area contributed by atoms with Gasteiger partial charge in [0.2, 0.25) is 0 Å². The van der Waals surface area contributed by atoms with Gasteiger partial charge in [-0.3, -0.25) is 9.59 Å². The molecule has 20 heavy (non-hydrogen) atoms. The van der Waals surface area contributed by atoms with Crippen LogP contribution in [0.4, 0.5) is 0 Å². The molecular formula is C12H10N4O4. The number of hydrogen-bond acceptors (Lipinski definition) is 5. The van der Waals surface area contributed by atoms with Gasteiger partial charge in [-0.25, -0.2) is 4.79 Å². The number of hydrogen-bond donors (Lipinski definition) is 0. The summed E-state index contributed by atoms with van der Waals surface area (Å²) in [6.07, 6.45) is 0.0894. The van der Waals surface area contributed by atoms with Crippen molar-refractivity contribution in [2.24, 2.45) is 5.11 Å². The van der Waals surface area contributed by atoms with Crippen molar-refractivity contribution in [2.75, 3.05) is 0 Å². The van der Waals surface area contributed by atoms with Gasteiger partial charge in [-0.1, -0.05) is 17.2 Å². The maximum Gasteiger partial charge on any atom is 0.363 e. The summed E-state index contributed by atoms with van der Waals surface area (Å²) in [5, 5.41) is 3.87. The lowest BCUT2D eigenvalue weighted by atomic mass is 10.1. The molecule has 0 aliphatic carbocycles. The Morgan fingerprint density at radius 3 is 2.70 bits per heavy atom. The minimum atomic E-state index is -0.809. The normalized spacial score (nSPS) is 14.1. The van der Waals surface area contributed by atoms with Gasteiger partial charge in [-0.05, 0) is 23.2 Å². The zero-order valence-corrected chi connectivity index (χ0v) is 10.4. The lowest BCUT2D eigenvalue weighted by Crippen LogP contribution is -2.32. The summed E-state index contributed by atoms with van der Waals surface area (Å²) in [4.78, 5) is 41.9. The Morgan fingerprint density at radius 1 is 1.35 bits per heavy atom. The highest BCUT2D eigenvalue weighted by atomic mass is 16.7. The van der Waals surface area contributed by atoms with Gasteiger partial charge in [0, 0.05) is 17.8 Å². The van der Waals surface area contributed by atoms with Crippen LogP contribution in [0.5, 0.6) is 0 Å². The van der Waals surface area contributed by atoms with E-state index in [-0.39, 0.29) is 24.9 Å². The van der Waals surface area contributed by atoms with E-state index in [9.17, 15) is 14.4 Å². The molecule has 0 spiro atoms. The average molecular weight is 274 g/mol. The molecule has 102 valence electrons. The van der Waals surface area contributed by atoms with Crippen LogP contribution in [0.2, 0.25) is 0 Å². The van der Waals surface area contributed by atoms with Gasteiger partial charge in [0.15, 0.2) is 0 Å². The zero-order valence-electron chi connectivity index (χ0n) is 10.4. The summed E-state index contributed by atoms with van der Waals surface area (Å²) in [6, 6.07) is 6.22. The fourth-order valence-corrected chi connectivity index (χ4v) is 1.70. The summed E-state index contributed by atoms with van der Waals surface area (Å²) in [5.74, 6) is -1.88. The zero-order chi connectivity index (χ0) is 14.5. The highest BCUT2D eigenvalue weighted by Gasteiger charge is 2.33. The third kappa shape index (κ3) is 2.93. The number of nitrogens with zero attached hydrogens (tertiary/aromatic N) is 4. The lowest BCUT2D eigenvalue weighted by Gasteiger charge is -2.12. The first-order valence-corrected chi connectivity index (χ1v) is 5.79. The van der Waals surface area contributed by atoms with Gasteiger partial charge in [0.25, 0.3) is 11.8 Å². The van der Waals surface area contributed by atoms with Crippen molar-refractivity contribution in [3.63, 3.8) is 0 Å². The number of carbonyl (C=O) groups is 3. The summed E-state index contributed by atoms with van der Waals surface area (Å²) < 4.78 is 0. The molecule has 0 saturated carbocycles. The highest BCUT2D eigenvalue weighted by molar-refractivity contribution is 6.02. The van der Waals surface area contributed by atoms with Gasteiger partial charge < -0.3 is 4.84 Å². The molecular weight excluding hydrogens is 264 g/mol. The molecule has 8 heteroatoms. The number of amides is 2. The van der Waals surface area contributed by atoms with Gasteiger partial charge in [0.05, 0.1) is 12.1 Å². The summed E-state index contributed by atoms with van der Waals surface area (Å²) in [7, 11) is 0. The Morgan fingerprint density at radius 2 is 2.05 bits per heavy atom. The van der Waals surface area contributed by atoms with E-state index >= 15 is 0 Å². The van der Waals surface area contributed by atoms with E-state index in [0.29, 0.717) is 10.6 Å². The second kappa shape index (κ2) is 5.85. The quantitative estimate of drug-likeness (QED) is 0.360. The molecule has 0 aromatic heterocycles. The number of rotatable bonds is 4. The van der Waals surface area contributed by atoms with E-state index < -0.39 is 17.8 Å². The van der Waals surface area contributed by atoms with Crippen LogP contribution in [-0.4, -0.2) is 22.8 Å². The third-order valence-electron chi connectivity index (χ3n) is 2.66. The van der Waals surface area contributed by atoms with Crippen LogP contribution in [0.25, 0.3) is 10.4 Å². The Kier molecular flexibility index (Phi) is 3.97. The Hall–Kier alpha value is -2.86. The van der Waals surface area contributed by atoms with Crippen LogP contribution in [0.3, 0.4) is 0 Å². The number of imide groups is 1. The molecule has 8 nitrogen and oxygen atoms in total. The second-order valence-corrected chi connectivity index (χ2v) is 4.05. The van der Waals surface area contributed by atoms with Crippen LogP contribution in [0.1, 0.15) is 28.8 Å². The minimum absolute atomic E-state index is 0.0447. The molecule has 1 aliphatic heterocycles. The van der Waals surface area contributed by atoms with Crippen LogP contribution in [0, 0.1) is 0 Å². The fourth-order valence-electron chi connectivity index (χ4n) is 1.70. The van der Waals surface area contributed by atoms with Crippen molar-refractivity contribution >= 4 is 17.8 Å². The summed E-state index contributed by atoms with van der Waals surface area (Å²) in [5.41, 5.74) is 9.03. The average Bonchev–Trinajstić information content (AvgIpc) is 2.77. The van der Waals surface area contributed by atoms with Gasteiger partial charge >= 0.3 is 5.97 Å². The fraction of sp³-hybridized carbons (Fsp3) is 0.250. The van der Waals surface area contributed by atoms with Gasteiger partial charge in [-0.2, -0.15) is 0 Å². The SMILES string of the molecule is [N-]=[N+]=NCc1cccc(C(=O)ON2C(=O)CCC2=O)c1. The van der Waals surface area contributed by atoms with Crippen LogP contribution < -0.4 is 0 Å². The van der Waals surface area contributed by atoms with Crippen LogP contribution in [0.15, 0.2) is 29.4 Å². The first kappa shape index (κ1) is 13.6. The van der Waals surface area contributed by atoms with Crippen molar-refractivity contribution in [1.29, 1.82) is 0 Å². The third-order valence-corrected chi connectivity index (χ3v) is 2.66. The molecule has 2 rings (SSSR count). The molecule has 0 radical (unpaired) electrons. The molecule has 1 heterocycles. The van der Waals surface area contributed by atoms with E-state index in [1.54, 1.807) is 12.1 Å². The summed E-state index contributed by atoms with van der Waals surface area (Å²) in [6.45, 7) is 0.0964. The van der Waals surface area contributed by atoms with Crippen molar-refractivity contribution in [2.45, 2.75) is 19.4 Å². The van der Waals surface area contributed by atoms with Crippen LogP contribution >= 0.6 is 0 Å². The standard InChI is InChI=1S/C12H10N4O4/c13-15-14-7-8-2-1-3-9(6-8)12(19)20-16-10(17)4-5-11(16)18/h1-3,6H,4-5,7H2. The van der Waals surface area contributed by atoms with E-state index in [1.807, 2.05) is 0 Å².